The molecule has 0 spiro atoms. The van der Waals surface area contributed by atoms with E-state index < -0.39 is 18.0 Å². The molecule has 0 rings (SSSR count). The van der Waals surface area contributed by atoms with E-state index in [0.717, 1.165) is 0 Å². The molecule has 0 fully saturated rings. The molecule has 0 aromatic rings. The zero-order valence-electron chi connectivity index (χ0n) is 8.66. The van der Waals surface area contributed by atoms with Crippen molar-refractivity contribution in [3.05, 3.63) is 0 Å². The Morgan fingerprint density at radius 2 is 1.73 bits per heavy atom. The number of nitrogens with one attached hydrogen (secondary N) is 3. The molecule has 0 bridgehead atoms. The van der Waals surface area contributed by atoms with Gasteiger partial charge < -0.3 is 21.1 Å². The second kappa shape index (κ2) is 6.63. The van der Waals surface area contributed by atoms with Crippen LogP contribution in [0.5, 0.6) is 0 Å². The first-order valence-corrected chi connectivity index (χ1v) is 4.45. The van der Waals surface area contributed by atoms with E-state index in [9.17, 15) is 14.4 Å². The van der Waals surface area contributed by atoms with Crippen LogP contribution in [0.2, 0.25) is 0 Å². The number of carbonyl (C=O) groups excluding carboxylic acids is 2. The Morgan fingerprint density at radius 1 is 1.20 bits per heavy atom. The average Bonchev–Trinajstić information content (AvgIpc) is 2.12. The molecule has 7 heteroatoms. The lowest BCUT2D eigenvalue weighted by molar-refractivity contribution is -0.138. The molecule has 4 N–H and O–H groups in total. The zero-order chi connectivity index (χ0) is 11.8. The molecule has 0 aliphatic carbocycles. The van der Waals surface area contributed by atoms with E-state index in [0.29, 0.717) is 6.54 Å². The summed E-state index contributed by atoms with van der Waals surface area (Å²) in [6.45, 7) is 3.28. The van der Waals surface area contributed by atoms with Crippen molar-refractivity contribution in [1.82, 2.24) is 16.0 Å². The topological polar surface area (TPSA) is 108 Å². The summed E-state index contributed by atoms with van der Waals surface area (Å²) in [5.41, 5.74) is 0. The van der Waals surface area contributed by atoms with Gasteiger partial charge in [0.15, 0.2) is 0 Å². The van der Waals surface area contributed by atoms with Crippen LogP contribution in [0, 0.1) is 0 Å². The van der Waals surface area contributed by atoms with Gasteiger partial charge in [-0.1, -0.05) is 0 Å². The van der Waals surface area contributed by atoms with Crippen molar-refractivity contribution in [3.8, 4) is 0 Å². The van der Waals surface area contributed by atoms with Crippen molar-refractivity contribution >= 4 is 17.9 Å². The number of carbonyl (C=O) groups is 3. The maximum Gasteiger partial charge on any atom is 0.325 e. The number of hydrogen-bond donors (Lipinski definition) is 4. The number of amides is 3. The molecular formula is C8H15N3O4. The third kappa shape index (κ3) is 7.29. The van der Waals surface area contributed by atoms with Crippen LogP contribution in [0.4, 0.5) is 4.79 Å². The minimum Gasteiger partial charge on any atom is -0.480 e. The number of aliphatic carboxylic acids is 1. The van der Waals surface area contributed by atoms with Gasteiger partial charge in [-0.2, -0.15) is 0 Å². The van der Waals surface area contributed by atoms with Crippen LogP contribution in [-0.2, 0) is 9.59 Å². The molecule has 0 saturated carbocycles. The zero-order valence-corrected chi connectivity index (χ0v) is 8.66. The lowest BCUT2D eigenvalue weighted by Crippen LogP contribution is -2.46. The summed E-state index contributed by atoms with van der Waals surface area (Å²) in [5.74, 6) is -1.29. The molecule has 0 radical (unpaired) electrons. The Bertz CT molecular complexity index is 254. The van der Waals surface area contributed by atoms with Gasteiger partial charge in [-0.25, -0.2) is 4.79 Å². The summed E-state index contributed by atoms with van der Waals surface area (Å²) >= 11 is 0. The van der Waals surface area contributed by atoms with Gasteiger partial charge in [-0.05, 0) is 6.92 Å². The van der Waals surface area contributed by atoms with Crippen LogP contribution in [0.1, 0.15) is 13.8 Å². The molecule has 0 saturated heterocycles. The standard InChI is InChI=1S/C8H15N3O4/c1-5(7(13)14)11-8(15)10-4-3-9-6(2)12/h5H,3-4H2,1-2H3,(H,9,12)(H,13,14)(H2,10,11,15). The first-order chi connectivity index (χ1) is 6.93. The van der Waals surface area contributed by atoms with Crippen LogP contribution in [-0.4, -0.2) is 42.1 Å². The molecule has 86 valence electrons. The van der Waals surface area contributed by atoms with Gasteiger partial charge in [-0.3, -0.25) is 9.59 Å². The Labute approximate surface area is 87.2 Å². The third-order valence-electron chi connectivity index (χ3n) is 1.50. The largest absolute Gasteiger partial charge is 0.480 e. The normalized spacial score (nSPS) is 11.3. The summed E-state index contributed by atoms with van der Waals surface area (Å²) in [5, 5.41) is 15.6. The molecule has 7 nitrogen and oxygen atoms in total. The van der Waals surface area contributed by atoms with Crippen molar-refractivity contribution in [3.63, 3.8) is 0 Å². The highest BCUT2D eigenvalue weighted by Crippen LogP contribution is 1.79. The molecule has 0 aliphatic rings. The fraction of sp³-hybridized carbons (Fsp3) is 0.625. The highest BCUT2D eigenvalue weighted by atomic mass is 16.4. The van der Waals surface area contributed by atoms with Crippen LogP contribution < -0.4 is 16.0 Å². The monoisotopic (exact) mass is 217 g/mol. The molecule has 15 heavy (non-hydrogen) atoms. The maximum absolute atomic E-state index is 11.0. The fourth-order valence-electron chi connectivity index (χ4n) is 0.724. The molecule has 0 heterocycles. The van der Waals surface area contributed by atoms with Crippen molar-refractivity contribution in [1.29, 1.82) is 0 Å². The second-order valence-corrected chi connectivity index (χ2v) is 2.94. The van der Waals surface area contributed by atoms with Crippen molar-refractivity contribution < 1.29 is 19.5 Å². The lowest BCUT2D eigenvalue weighted by atomic mass is 10.3. The van der Waals surface area contributed by atoms with Crippen LogP contribution in [0.25, 0.3) is 0 Å². The molecular weight excluding hydrogens is 202 g/mol. The highest BCUT2D eigenvalue weighted by molar-refractivity contribution is 5.82. The van der Waals surface area contributed by atoms with Gasteiger partial charge in [0.25, 0.3) is 0 Å². The molecule has 0 aromatic carbocycles. The summed E-state index contributed by atoms with van der Waals surface area (Å²) in [4.78, 5) is 31.8. The van der Waals surface area contributed by atoms with Gasteiger partial charge >= 0.3 is 12.0 Å². The summed E-state index contributed by atoms with van der Waals surface area (Å²) < 4.78 is 0. The molecule has 3 amide bonds. The van der Waals surface area contributed by atoms with E-state index in [1.165, 1.54) is 13.8 Å². The van der Waals surface area contributed by atoms with E-state index >= 15 is 0 Å². The quantitative estimate of drug-likeness (QED) is 0.438. The highest BCUT2D eigenvalue weighted by Gasteiger charge is 2.12. The molecule has 0 aromatic heterocycles. The van der Waals surface area contributed by atoms with E-state index in [-0.39, 0.29) is 12.5 Å². The average molecular weight is 217 g/mol. The van der Waals surface area contributed by atoms with Gasteiger partial charge in [-0.15, -0.1) is 0 Å². The second-order valence-electron chi connectivity index (χ2n) is 2.94. The van der Waals surface area contributed by atoms with Crippen molar-refractivity contribution in [2.75, 3.05) is 13.1 Å². The van der Waals surface area contributed by atoms with Crippen LogP contribution >= 0.6 is 0 Å². The van der Waals surface area contributed by atoms with Gasteiger partial charge in [0.1, 0.15) is 6.04 Å². The van der Waals surface area contributed by atoms with Crippen LogP contribution in [0.15, 0.2) is 0 Å². The number of carboxylic acids is 1. The summed E-state index contributed by atoms with van der Waals surface area (Å²) in [7, 11) is 0. The lowest BCUT2D eigenvalue weighted by Gasteiger charge is -2.10. The summed E-state index contributed by atoms with van der Waals surface area (Å²) in [6.07, 6.45) is 0. The minimum absolute atomic E-state index is 0.184. The van der Waals surface area contributed by atoms with Crippen molar-refractivity contribution in [2.24, 2.45) is 0 Å². The number of urea groups is 1. The maximum atomic E-state index is 11.0. The Kier molecular flexibility index (Phi) is 5.84. The number of rotatable bonds is 5. The van der Waals surface area contributed by atoms with E-state index in [1.54, 1.807) is 0 Å². The van der Waals surface area contributed by atoms with Gasteiger partial charge in [0.2, 0.25) is 5.91 Å². The predicted molar refractivity (Wildman–Crippen MR) is 52.3 cm³/mol. The number of carboxylic acid groups (broad SMARTS) is 1. The van der Waals surface area contributed by atoms with Gasteiger partial charge in [0.05, 0.1) is 0 Å². The van der Waals surface area contributed by atoms with Crippen LogP contribution in [0.3, 0.4) is 0 Å². The smallest absolute Gasteiger partial charge is 0.325 e. The summed E-state index contributed by atoms with van der Waals surface area (Å²) in [6, 6.07) is -1.51. The Morgan fingerprint density at radius 3 is 2.20 bits per heavy atom. The SMILES string of the molecule is CC(=O)NCCNC(=O)NC(C)C(=O)O. The van der Waals surface area contributed by atoms with E-state index in [4.69, 9.17) is 5.11 Å². The number of hydrogen-bond acceptors (Lipinski definition) is 3. The first-order valence-electron chi connectivity index (χ1n) is 4.45. The molecule has 0 aliphatic heterocycles. The third-order valence-corrected chi connectivity index (χ3v) is 1.50. The van der Waals surface area contributed by atoms with E-state index in [2.05, 4.69) is 16.0 Å². The molecule has 1 unspecified atom stereocenters. The van der Waals surface area contributed by atoms with Gasteiger partial charge in [0, 0.05) is 20.0 Å². The first kappa shape index (κ1) is 13.2. The Balaban J connectivity index is 3.58. The van der Waals surface area contributed by atoms with E-state index in [1.807, 2.05) is 0 Å². The molecule has 1 atom stereocenters. The predicted octanol–water partition coefficient (Wildman–Crippen LogP) is -1.11. The Hall–Kier alpha value is -1.79. The minimum atomic E-state index is -1.10. The fourth-order valence-corrected chi connectivity index (χ4v) is 0.724. The van der Waals surface area contributed by atoms with Crippen molar-refractivity contribution in [2.45, 2.75) is 19.9 Å².